The lowest BCUT2D eigenvalue weighted by Crippen LogP contribution is -2.29. The molecule has 0 bridgehead atoms. The lowest BCUT2D eigenvalue weighted by atomic mass is 10.1. The number of pyridine rings is 1. The van der Waals surface area contributed by atoms with Crippen molar-refractivity contribution in [3.05, 3.63) is 88.3 Å². The quantitative estimate of drug-likeness (QED) is 0.494. The highest BCUT2D eigenvalue weighted by Gasteiger charge is 2.25. The molecule has 6 heteroatoms. The van der Waals surface area contributed by atoms with E-state index in [-0.39, 0.29) is 11.6 Å². The monoisotopic (exact) mass is 437 g/mol. The molecule has 6 nitrogen and oxygen atoms in total. The Labute approximate surface area is 192 Å². The second-order valence-electron chi connectivity index (χ2n) is 9.06. The summed E-state index contributed by atoms with van der Waals surface area (Å²) in [7, 11) is 0. The predicted octanol–water partition coefficient (Wildman–Crippen LogP) is 4.87. The summed E-state index contributed by atoms with van der Waals surface area (Å²) in [6.45, 7) is 2.26. The van der Waals surface area contributed by atoms with Gasteiger partial charge in [0.1, 0.15) is 5.65 Å². The van der Waals surface area contributed by atoms with E-state index in [1.54, 1.807) is 12.3 Å². The number of fused-ring (bicyclic) bond motifs is 2. The standard InChI is InChI=1S/C27H27N5O/c33-25-13-8-21-18-28-27(29-22-9-11-23(12-10-22)31-14-4-1-5-15-31)30-26(21)32(25)24-16-19-6-2-3-7-20(19)17-24/h2-3,6-13,18,24H,1,4-5,14-17H2,(H,28,29,30). The Morgan fingerprint density at radius 1 is 0.848 bits per heavy atom. The summed E-state index contributed by atoms with van der Waals surface area (Å²) in [6, 6.07) is 20.4. The smallest absolute Gasteiger partial charge is 0.252 e. The number of aromatic nitrogens is 3. The van der Waals surface area contributed by atoms with Crippen LogP contribution in [0.5, 0.6) is 0 Å². The SMILES string of the molecule is O=c1ccc2cnc(Nc3ccc(N4CCCCC4)cc3)nc2n1C1Cc2ccccc2C1. The van der Waals surface area contributed by atoms with Gasteiger partial charge in [-0.3, -0.25) is 9.36 Å². The van der Waals surface area contributed by atoms with Gasteiger partial charge in [-0.2, -0.15) is 4.98 Å². The van der Waals surface area contributed by atoms with Gasteiger partial charge in [0.25, 0.3) is 5.56 Å². The van der Waals surface area contributed by atoms with Gasteiger partial charge in [0.2, 0.25) is 5.95 Å². The van der Waals surface area contributed by atoms with Crippen molar-refractivity contribution >= 4 is 28.4 Å². The van der Waals surface area contributed by atoms with Crippen LogP contribution in [0.1, 0.15) is 36.4 Å². The van der Waals surface area contributed by atoms with Crippen molar-refractivity contribution in [2.24, 2.45) is 0 Å². The minimum Gasteiger partial charge on any atom is -0.372 e. The molecule has 4 aromatic rings. The second-order valence-corrected chi connectivity index (χ2v) is 9.06. The third-order valence-corrected chi connectivity index (χ3v) is 6.91. The maximum Gasteiger partial charge on any atom is 0.252 e. The van der Waals surface area contributed by atoms with Gasteiger partial charge < -0.3 is 10.2 Å². The van der Waals surface area contributed by atoms with Gasteiger partial charge in [-0.1, -0.05) is 24.3 Å². The summed E-state index contributed by atoms with van der Waals surface area (Å²) < 4.78 is 1.85. The lowest BCUT2D eigenvalue weighted by molar-refractivity contribution is 0.526. The fourth-order valence-corrected chi connectivity index (χ4v) is 5.21. The highest BCUT2D eigenvalue weighted by atomic mass is 16.1. The van der Waals surface area contributed by atoms with Gasteiger partial charge in [0, 0.05) is 48.2 Å². The molecule has 33 heavy (non-hydrogen) atoms. The molecule has 0 unspecified atom stereocenters. The Bertz CT molecular complexity index is 1330. The Kier molecular flexibility index (Phi) is 5.06. The van der Waals surface area contributed by atoms with E-state index in [0.29, 0.717) is 11.6 Å². The van der Waals surface area contributed by atoms with Crippen LogP contribution in [0.2, 0.25) is 0 Å². The number of nitrogens with zero attached hydrogens (tertiary/aromatic N) is 4. The molecule has 1 aliphatic carbocycles. The molecule has 2 aliphatic rings. The van der Waals surface area contributed by atoms with Gasteiger partial charge in [0.15, 0.2) is 0 Å². The molecule has 0 spiro atoms. The van der Waals surface area contributed by atoms with Crippen LogP contribution in [0.4, 0.5) is 17.3 Å². The molecule has 3 heterocycles. The molecule has 6 rings (SSSR count). The number of hydrogen-bond acceptors (Lipinski definition) is 5. The van der Waals surface area contributed by atoms with Crippen molar-refractivity contribution < 1.29 is 0 Å². The Morgan fingerprint density at radius 2 is 1.58 bits per heavy atom. The summed E-state index contributed by atoms with van der Waals surface area (Å²) in [4.78, 5) is 24.6. The molecular weight excluding hydrogens is 410 g/mol. The maximum atomic E-state index is 12.9. The zero-order chi connectivity index (χ0) is 22.2. The number of rotatable bonds is 4. The molecule has 166 valence electrons. The molecule has 0 radical (unpaired) electrons. The fraction of sp³-hybridized carbons (Fsp3) is 0.296. The van der Waals surface area contributed by atoms with Gasteiger partial charge in [-0.05, 0) is 73.6 Å². The van der Waals surface area contributed by atoms with E-state index in [9.17, 15) is 4.79 Å². The molecule has 1 N–H and O–H groups in total. The molecule has 2 aromatic heterocycles. The first-order valence-corrected chi connectivity index (χ1v) is 11.8. The highest BCUT2D eigenvalue weighted by molar-refractivity contribution is 5.76. The van der Waals surface area contributed by atoms with Crippen LogP contribution >= 0.6 is 0 Å². The van der Waals surface area contributed by atoms with E-state index in [1.807, 2.05) is 10.6 Å². The third-order valence-electron chi connectivity index (χ3n) is 6.91. The molecule has 1 saturated heterocycles. The van der Waals surface area contributed by atoms with Crippen LogP contribution in [0.25, 0.3) is 11.0 Å². The van der Waals surface area contributed by atoms with Crippen molar-refractivity contribution in [2.45, 2.75) is 38.1 Å². The van der Waals surface area contributed by atoms with Crippen LogP contribution in [0.3, 0.4) is 0 Å². The topological polar surface area (TPSA) is 63.1 Å². The normalized spacial score (nSPS) is 16.2. The van der Waals surface area contributed by atoms with Gasteiger partial charge >= 0.3 is 0 Å². The first-order chi connectivity index (χ1) is 16.2. The van der Waals surface area contributed by atoms with Gasteiger partial charge in [-0.25, -0.2) is 4.98 Å². The Balaban J connectivity index is 1.29. The van der Waals surface area contributed by atoms with Crippen LogP contribution in [-0.4, -0.2) is 27.6 Å². The lowest BCUT2D eigenvalue weighted by Gasteiger charge is -2.28. The van der Waals surface area contributed by atoms with E-state index in [4.69, 9.17) is 4.98 Å². The summed E-state index contributed by atoms with van der Waals surface area (Å²) in [5, 5.41) is 4.20. The summed E-state index contributed by atoms with van der Waals surface area (Å²) >= 11 is 0. The summed E-state index contributed by atoms with van der Waals surface area (Å²) in [6.07, 6.45) is 7.34. The van der Waals surface area contributed by atoms with Gasteiger partial charge in [0.05, 0.1) is 0 Å². The second kappa shape index (κ2) is 8.35. The van der Waals surface area contributed by atoms with Crippen LogP contribution < -0.4 is 15.8 Å². The molecule has 0 atom stereocenters. The van der Waals surface area contributed by atoms with Gasteiger partial charge in [-0.15, -0.1) is 0 Å². The molecule has 0 saturated carbocycles. The average Bonchev–Trinajstić information content (AvgIpc) is 3.28. The predicted molar refractivity (Wildman–Crippen MR) is 132 cm³/mol. The van der Waals surface area contributed by atoms with Crippen molar-refractivity contribution in [1.29, 1.82) is 0 Å². The van der Waals surface area contributed by atoms with Crippen LogP contribution in [0, 0.1) is 0 Å². The largest absolute Gasteiger partial charge is 0.372 e. The molecule has 1 fully saturated rings. The van der Waals surface area contributed by atoms with Crippen molar-refractivity contribution in [3.8, 4) is 0 Å². The van der Waals surface area contributed by atoms with Crippen molar-refractivity contribution in [2.75, 3.05) is 23.3 Å². The summed E-state index contributed by atoms with van der Waals surface area (Å²) in [5.74, 6) is 0.503. The molecule has 0 amide bonds. The first-order valence-electron chi connectivity index (χ1n) is 11.8. The highest BCUT2D eigenvalue weighted by Crippen LogP contribution is 2.31. The van der Waals surface area contributed by atoms with E-state index < -0.39 is 0 Å². The first kappa shape index (κ1) is 20.0. The zero-order valence-electron chi connectivity index (χ0n) is 18.6. The van der Waals surface area contributed by atoms with Crippen LogP contribution in [-0.2, 0) is 12.8 Å². The Hall–Kier alpha value is -3.67. The minimum absolute atomic E-state index is 0.0177. The maximum absolute atomic E-state index is 12.9. The van der Waals surface area contributed by atoms with E-state index in [2.05, 4.69) is 63.7 Å². The number of piperidine rings is 1. The van der Waals surface area contributed by atoms with Crippen molar-refractivity contribution in [3.63, 3.8) is 0 Å². The third kappa shape index (κ3) is 3.86. The van der Waals surface area contributed by atoms with Crippen molar-refractivity contribution in [1.82, 2.24) is 14.5 Å². The van der Waals surface area contributed by atoms with E-state index in [0.717, 1.165) is 37.0 Å². The summed E-state index contributed by atoms with van der Waals surface area (Å²) in [5.41, 5.74) is 5.49. The molecule has 1 aliphatic heterocycles. The number of anilines is 3. The number of benzene rings is 2. The molecule has 2 aromatic carbocycles. The number of hydrogen-bond donors (Lipinski definition) is 1. The van der Waals surface area contributed by atoms with Crippen LogP contribution in [0.15, 0.2) is 71.7 Å². The van der Waals surface area contributed by atoms with E-state index >= 15 is 0 Å². The average molecular weight is 438 g/mol. The fourth-order valence-electron chi connectivity index (χ4n) is 5.21. The zero-order valence-corrected chi connectivity index (χ0v) is 18.6. The van der Waals surface area contributed by atoms with E-state index in [1.165, 1.54) is 36.1 Å². The Morgan fingerprint density at radius 3 is 2.30 bits per heavy atom. The minimum atomic E-state index is -0.0177. The number of nitrogens with one attached hydrogen (secondary N) is 1. The molecular formula is C27H27N5O.